The smallest absolute Gasteiger partial charge is 0.308 e. The normalized spacial score (nSPS) is 19.0. The summed E-state index contributed by atoms with van der Waals surface area (Å²) in [6.07, 6.45) is 0. The second-order valence-electron chi connectivity index (χ2n) is 6.47. The van der Waals surface area contributed by atoms with Crippen LogP contribution in [0.15, 0.2) is 60.7 Å². The predicted molar refractivity (Wildman–Crippen MR) is 99.6 cm³/mol. The third-order valence-electron chi connectivity index (χ3n) is 4.68. The fourth-order valence-corrected chi connectivity index (χ4v) is 3.28. The fourth-order valence-electron chi connectivity index (χ4n) is 3.28. The van der Waals surface area contributed by atoms with Gasteiger partial charge < -0.3 is 19.5 Å². The molecule has 1 saturated heterocycles. The molecule has 3 rings (SSSR count). The number of para-hydroxylation sites is 1. The molecule has 142 valence electrons. The van der Waals surface area contributed by atoms with E-state index in [1.165, 1.54) is 0 Å². The topological polar surface area (TPSA) is 76.1 Å². The van der Waals surface area contributed by atoms with Crippen molar-refractivity contribution in [3.63, 3.8) is 0 Å². The minimum Gasteiger partial charge on any atom is -0.491 e. The highest BCUT2D eigenvalue weighted by Gasteiger charge is 2.40. The summed E-state index contributed by atoms with van der Waals surface area (Å²) >= 11 is 0. The van der Waals surface area contributed by atoms with E-state index in [-0.39, 0.29) is 25.0 Å². The van der Waals surface area contributed by atoms with E-state index in [0.29, 0.717) is 19.8 Å². The van der Waals surface area contributed by atoms with Gasteiger partial charge in [-0.3, -0.25) is 9.59 Å². The summed E-state index contributed by atoms with van der Waals surface area (Å²) in [7, 11) is 0. The zero-order chi connectivity index (χ0) is 19.1. The second-order valence-corrected chi connectivity index (χ2v) is 6.47. The average Bonchev–Trinajstić information content (AvgIpc) is 3.15. The molecule has 0 spiro atoms. The number of rotatable bonds is 8. The number of carbonyl (C=O) groups excluding carboxylic acids is 1. The van der Waals surface area contributed by atoms with E-state index in [1.54, 1.807) is 4.90 Å². The maximum Gasteiger partial charge on any atom is 0.308 e. The number of hydrogen-bond donors (Lipinski definition) is 1. The standard InChI is InChI=1S/C21H23NO5/c23-20(15-26-11-12-27-17-9-5-2-6-10-17)22-13-18(19(14-22)21(24)25)16-7-3-1-4-8-16/h1-10,18-19H,11-15H2,(H,24,25)/t18-,19-/m1/s1. The van der Waals surface area contributed by atoms with Crippen molar-refractivity contribution in [1.29, 1.82) is 0 Å². The van der Waals surface area contributed by atoms with Gasteiger partial charge in [0.05, 0.1) is 12.5 Å². The van der Waals surface area contributed by atoms with Gasteiger partial charge in [-0.05, 0) is 17.7 Å². The Hall–Kier alpha value is -2.86. The summed E-state index contributed by atoms with van der Waals surface area (Å²) < 4.78 is 10.9. The number of likely N-dealkylation sites (tertiary alicyclic amines) is 1. The largest absolute Gasteiger partial charge is 0.491 e. The zero-order valence-electron chi connectivity index (χ0n) is 15.0. The van der Waals surface area contributed by atoms with Crippen LogP contribution < -0.4 is 4.74 Å². The maximum atomic E-state index is 12.4. The van der Waals surface area contributed by atoms with Crippen LogP contribution in [-0.4, -0.2) is 54.8 Å². The van der Waals surface area contributed by atoms with Gasteiger partial charge in [-0.2, -0.15) is 0 Å². The van der Waals surface area contributed by atoms with Crippen molar-refractivity contribution in [2.24, 2.45) is 5.92 Å². The molecule has 2 aromatic rings. The minimum absolute atomic E-state index is 0.0774. The summed E-state index contributed by atoms with van der Waals surface area (Å²) in [4.78, 5) is 25.6. The third kappa shape index (κ3) is 5.08. The Morgan fingerprint density at radius 2 is 1.63 bits per heavy atom. The summed E-state index contributed by atoms with van der Waals surface area (Å²) in [5.74, 6) is -1.12. The Balaban J connectivity index is 1.46. The first kappa shape index (κ1) is 18.9. The first-order chi connectivity index (χ1) is 13.1. The molecule has 6 nitrogen and oxygen atoms in total. The molecule has 1 amide bonds. The highest BCUT2D eigenvalue weighted by atomic mass is 16.5. The molecule has 0 saturated carbocycles. The number of amides is 1. The van der Waals surface area contributed by atoms with Gasteiger partial charge in [-0.15, -0.1) is 0 Å². The average molecular weight is 369 g/mol. The van der Waals surface area contributed by atoms with Crippen LogP contribution in [0.3, 0.4) is 0 Å². The lowest BCUT2D eigenvalue weighted by atomic mass is 9.89. The number of nitrogens with zero attached hydrogens (tertiary/aromatic N) is 1. The van der Waals surface area contributed by atoms with Crippen molar-refractivity contribution >= 4 is 11.9 Å². The van der Waals surface area contributed by atoms with Gasteiger partial charge >= 0.3 is 5.97 Å². The summed E-state index contributed by atoms with van der Waals surface area (Å²) in [5, 5.41) is 9.51. The molecule has 0 unspecified atom stereocenters. The lowest BCUT2D eigenvalue weighted by molar-refractivity contribution is -0.142. The van der Waals surface area contributed by atoms with Gasteiger partial charge in [0.15, 0.2) is 0 Å². The lowest BCUT2D eigenvalue weighted by Gasteiger charge is -2.16. The Bertz CT molecular complexity index is 750. The number of ether oxygens (including phenoxy) is 2. The number of carboxylic acids is 1. The van der Waals surface area contributed by atoms with E-state index in [2.05, 4.69) is 0 Å². The quantitative estimate of drug-likeness (QED) is 0.723. The molecular formula is C21H23NO5. The highest BCUT2D eigenvalue weighted by Crippen LogP contribution is 2.32. The molecule has 1 aliphatic rings. The molecule has 0 aliphatic carbocycles. The third-order valence-corrected chi connectivity index (χ3v) is 4.68. The number of aliphatic carboxylic acids is 1. The van der Waals surface area contributed by atoms with Crippen molar-refractivity contribution in [3.8, 4) is 5.75 Å². The first-order valence-corrected chi connectivity index (χ1v) is 8.96. The molecule has 2 atom stereocenters. The SMILES string of the molecule is O=C(O)[C@@H]1CN(C(=O)COCCOc2ccccc2)C[C@@H]1c1ccccc1. The molecule has 1 fully saturated rings. The van der Waals surface area contributed by atoms with E-state index in [4.69, 9.17) is 9.47 Å². The number of benzene rings is 2. The summed E-state index contributed by atoms with van der Waals surface area (Å²) in [5.41, 5.74) is 0.942. The zero-order valence-corrected chi connectivity index (χ0v) is 15.0. The molecular weight excluding hydrogens is 346 g/mol. The summed E-state index contributed by atoms with van der Waals surface area (Å²) in [6.45, 7) is 1.16. The Kier molecular flexibility index (Phi) is 6.44. The van der Waals surface area contributed by atoms with Crippen molar-refractivity contribution in [2.45, 2.75) is 5.92 Å². The van der Waals surface area contributed by atoms with Gasteiger partial charge in [-0.25, -0.2) is 0 Å². The monoisotopic (exact) mass is 369 g/mol. The molecule has 0 radical (unpaired) electrons. The van der Waals surface area contributed by atoms with Crippen LogP contribution in [0, 0.1) is 5.92 Å². The second kappa shape index (κ2) is 9.19. The predicted octanol–water partition coefficient (Wildman–Crippen LogP) is 2.41. The molecule has 27 heavy (non-hydrogen) atoms. The first-order valence-electron chi connectivity index (χ1n) is 8.96. The van der Waals surface area contributed by atoms with E-state index < -0.39 is 11.9 Å². The highest BCUT2D eigenvalue weighted by molar-refractivity contribution is 5.80. The molecule has 1 aliphatic heterocycles. The maximum absolute atomic E-state index is 12.4. The van der Waals surface area contributed by atoms with Gasteiger partial charge in [-0.1, -0.05) is 48.5 Å². The molecule has 2 aromatic carbocycles. The van der Waals surface area contributed by atoms with E-state index in [9.17, 15) is 14.7 Å². The van der Waals surface area contributed by atoms with Crippen molar-refractivity contribution in [1.82, 2.24) is 4.90 Å². The van der Waals surface area contributed by atoms with Crippen molar-refractivity contribution < 1.29 is 24.2 Å². The fraction of sp³-hybridized carbons (Fsp3) is 0.333. The van der Waals surface area contributed by atoms with Gasteiger partial charge in [0.2, 0.25) is 5.91 Å². The van der Waals surface area contributed by atoms with E-state index in [1.807, 2.05) is 60.7 Å². The van der Waals surface area contributed by atoms with E-state index >= 15 is 0 Å². The number of carboxylic acid groups (broad SMARTS) is 1. The van der Waals surface area contributed by atoms with Crippen LogP contribution in [0.5, 0.6) is 5.75 Å². The molecule has 6 heteroatoms. The van der Waals surface area contributed by atoms with Gasteiger partial charge in [0, 0.05) is 19.0 Å². The Morgan fingerprint density at radius 1 is 0.963 bits per heavy atom. The van der Waals surface area contributed by atoms with Crippen LogP contribution in [-0.2, 0) is 14.3 Å². The molecule has 0 bridgehead atoms. The van der Waals surface area contributed by atoms with Gasteiger partial charge in [0.25, 0.3) is 0 Å². The summed E-state index contributed by atoms with van der Waals surface area (Å²) in [6, 6.07) is 18.9. The molecule has 1 N–H and O–H groups in total. The van der Waals surface area contributed by atoms with Crippen LogP contribution in [0.25, 0.3) is 0 Å². The minimum atomic E-state index is -0.878. The van der Waals surface area contributed by atoms with Crippen LogP contribution in [0.1, 0.15) is 11.5 Å². The van der Waals surface area contributed by atoms with Crippen LogP contribution in [0.2, 0.25) is 0 Å². The van der Waals surface area contributed by atoms with Crippen molar-refractivity contribution in [3.05, 3.63) is 66.2 Å². The van der Waals surface area contributed by atoms with Gasteiger partial charge in [0.1, 0.15) is 19.0 Å². The molecule has 1 heterocycles. The van der Waals surface area contributed by atoms with Crippen LogP contribution in [0.4, 0.5) is 0 Å². The van der Waals surface area contributed by atoms with Crippen LogP contribution >= 0.6 is 0 Å². The Labute approximate surface area is 158 Å². The lowest BCUT2D eigenvalue weighted by Crippen LogP contribution is -2.33. The number of hydrogen-bond acceptors (Lipinski definition) is 4. The molecule has 0 aromatic heterocycles. The van der Waals surface area contributed by atoms with Crippen molar-refractivity contribution in [2.75, 3.05) is 32.9 Å². The van der Waals surface area contributed by atoms with E-state index in [0.717, 1.165) is 11.3 Å². The Morgan fingerprint density at radius 3 is 2.30 bits per heavy atom. The number of carbonyl (C=O) groups is 2.